The molecule has 4 aliphatic heterocycles. The summed E-state index contributed by atoms with van der Waals surface area (Å²) in [4.78, 5) is 0. The van der Waals surface area contributed by atoms with Gasteiger partial charge in [-0.1, -0.05) is 27.7 Å². The maximum Gasteiger partial charge on any atom is 0.126 e. The van der Waals surface area contributed by atoms with Gasteiger partial charge in [-0.2, -0.15) is 0 Å². The Kier molecular flexibility index (Phi) is 17.2. The van der Waals surface area contributed by atoms with Crippen molar-refractivity contribution in [2.24, 2.45) is 0 Å². The standard InChI is InChI=1S/C56H72O4S8/c1-9-13-57-49-37-25-39-31-46(54(6)63-19-20-64-54)33-41(50(39)58-14-10-2)27-43-35-48(56(8)67-23-24-68-56)36-44(52(43)60-16-12-4)28-42-34-47(55(7)65-21-22-66-55)32-40(51(42)59-15-11-3)26-38(49)30-45(29-37)53(5)61-17-18-62-53/h29-36H,9-28H2,1-8H3. The highest BCUT2D eigenvalue weighted by Gasteiger charge is 2.39. The van der Waals surface area contributed by atoms with Crippen LogP contribution in [0.1, 0.15) is 148 Å². The first-order valence-electron chi connectivity index (χ1n) is 25.2. The molecule has 0 radical (unpaired) electrons. The molecule has 68 heavy (non-hydrogen) atoms. The van der Waals surface area contributed by atoms with Crippen molar-refractivity contribution in [3.05, 3.63) is 115 Å². The summed E-state index contributed by atoms with van der Waals surface area (Å²) in [6, 6.07) is 20.2. The normalized spacial score (nSPS) is 20.1. The minimum atomic E-state index is -0.0478. The van der Waals surface area contributed by atoms with Gasteiger partial charge in [0.15, 0.2) is 0 Å². The van der Waals surface area contributed by atoms with Gasteiger partial charge in [0.2, 0.25) is 0 Å². The topological polar surface area (TPSA) is 36.9 Å². The number of hydrogen-bond acceptors (Lipinski definition) is 12. The van der Waals surface area contributed by atoms with E-state index in [1.807, 2.05) is 0 Å². The van der Waals surface area contributed by atoms with Crippen molar-refractivity contribution >= 4 is 94.1 Å². The lowest BCUT2D eigenvalue weighted by atomic mass is 9.87. The molecule has 4 aromatic rings. The van der Waals surface area contributed by atoms with Gasteiger partial charge < -0.3 is 18.9 Å². The Morgan fingerprint density at radius 3 is 0.618 bits per heavy atom. The molecule has 12 heteroatoms. The molecule has 4 heterocycles. The van der Waals surface area contributed by atoms with Gasteiger partial charge in [-0.25, -0.2) is 0 Å². The van der Waals surface area contributed by atoms with Crippen LogP contribution in [0.25, 0.3) is 0 Å². The van der Waals surface area contributed by atoms with Crippen LogP contribution in [0.5, 0.6) is 23.0 Å². The molecular formula is C56H72O4S8. The number of benzene rings is 4. The van der Waals surface area contributed by atoms with Crippen LogP contribution in [-0.2, 0) is 42.0 Å². The smallest absolute Gasteiger partial charge is 0.126 e. The summed E-state index contributed by atoms with van der Waals surface area (Å²) < 4.78 is 28.3. The van der Waals surface area contributed by atoms with Crippen molar-refractivity contribution in [1.82, 2.24) is 0 Å². The third-order valence-electron chi connectivity index (χ3n) is 13.7. The first-order chi connectivity index (χ1) is 32.9. The number of hydrogen-bond donors (Lipinski definition) is 0. The van der Waals surface area contributed by atoms with Gasteiger partial charge >= 0.3 is 0 Å². The van der Waals surface area contributed by atoms with Crippen molar-refractivity contribution in [2.75, 3.05) is 72.5 Å². The van der Waals surface area contributed by atoms with E-state index in [0.29, 0.717) is 26.4 Å². The molecule has 4 fully saturated rings. The molecule has 1 aliphatic carbocycles. The fourth-order valence-electron chi connectivity index (χ4n) is 10.2. The predicted octanol–water partition coefficient (Wildman–Crippen LogP) is 16.1. The molecule has 0 unspecified atom stereocenters. The van der Waals surface area contributed by atoms with E-state index in [9.17, 15) is 0 Å². The zero-order valence-electron chi connectivity index (χ0n) is 41.7. The Morgan fingerprint density at radius 2 is 0.471 bits per heavy atom. The van der Waals surface area contributed by atoms with E-state index in [0.717, 1.165) is 120 Å². The van der Waals surface area contributed by atoms with Gasteiger partial charge in [0.25, 0.3) is 0 Å². The van der Waals surface area contributed by atoms with Crippen molar-refractivity contribution in [3.63, 3.8) is 0 Å². The lowest BCUT2D eigenvalue weighted by Crippen LogP contribution is -2.17. The molecule has 8 bridgehead atoms. The maximum atomic E-state index is 7.13. The second-order valence-corrected chi connectivity index (χ2v) is 32.3. The summed E-state index contributed by atoms with van der Waals surface area (Å²) >= 11 is 16.8. The lowest BCUT2D eigenvalue weighted by Gasteiger charge is -2.30. The van der Waals surface area contributed by atoms with Crippen LogP contribution in [0.15, 0.2) is 48.5 Å². The highest BCUT2D eigenvalue weighted by atomic mass is 32.2. The molecule has 4 nitrogen and oxygen atoms in total. The summed E-state index contributed by atoms with van der Waals surface area (Å²) in [5.74, 6) is 13.4. The minimum Gasteiger partial charge on any atom is -0.493 e. The van der Waals surface area contributed by atoms with E-state index < -0.39 is 0 Å². The molecule has 9 rings (SSSR count). The molecule has 0 atom stereocenters. The molecule has 0 N–H and O–H groups in total. The van der Waals surface area contributed by atoms with E-state index in [1.54, 1.807) is 0 Å². The Balaban J connectivity index is 1.38. The van der Waals surface area contributed by atoms with Gasteiger partial charge in [0.05, 0.1) is 42.7 Å². The van der Waals surface area contributed by atoms with Crippen LogP contribution in [0.2, 0.25) is 0 Å². The zero-order chi connectivity index (χ0) is 47.5. The van der Waals surface area contributed by atoms with Crippen LogP contribution < -0.4 is 18.9 Å². The van der Waals surface area contributed by atoms with Gasteiger partial charge in [-0.05, 0) is 169 Å². The van der Waals surface area contributed by atoms with Crippen LogP contribution in [0, 0.1) is 0 Å². The maximum absolute atomic E-state index is 7.13. The molecular weight excluding hydrogens is 993 g/mol. The van der Waals surface area contributed by atoms with E-state index in [2.05, 4.69) is 198 Å². The number of ether oxygens (including phenoxy) is 4. The van der Waals surface area contributed by atoms with Crippen LogP contribution >= 0.6 is 94.1 Å². The molecule has 0 spiro atoms. The van der Waals surface area contributed by atoms with Gasteiger partial charge in [-0.3, -0.25) is 0 Å². The summed E-state index contributed by atoms with van der Waals surface area (Å²) in [5.41, 5.74) is 15.6. The highest BCUT2D eigenvalue weighted by Crippen LogP contribution is 2.57. The Morgan fingerprint density at radius 1 is 0.309 bits per heavy atom. The van der Waals surface area contributed by atoms with Crippen LogP contribution in [0.4, 0.5) is 0 Å². The highest BCUT2D eigenvalue weighted by molar-refractivity contribution is 8.21. The molecule has 0 aromatic heterocycles. The summed E-state index contributed by atoms with van der Waals surface area (Å²) in [6.45, 7) is 21.4. The average Bonchev–Trinajstić information content (AvgIpc) is 4.18. The molecule has 0 saturated carbocycles. The van der Waals surface area contributed by atoms with Crippen LogP contribution in [0.3, 0.4) is 0 Å². The SMILES string of the molecule is CCCOc1c2cc(C3(C)SCCS3)cc1Cc1cc(C3(C)SCCS3)cc(c1OCCC)Cc1cc(C3(C)SCCS3)cc(c1OCCC)Cc1cc(C3(C)SCCS3)cc(c1OCCC)C2. The van der Waals surface area contributed by atoms with E-state index in [4.69, 9.17) is 18.9 Å². The molecule has 5 aliphatic rings. The second-order valence-electron chi connectivity index (χ2n) is 19.2. The Bertz CT molecular complexity index is 1990. The van der Waals surface area contributed by atoms with E-state index >= 15 is 0 Å². The quantitative estimate of drug-likeness (QED) is 0.0945. The van der Waals surface area contributed by atoms with Crippen molar-refractivity contribution < 1.29 is 18.9 Å². The lowest BCUT2D eigenvalue weighted by molar-refractivity contribution is 0.304. The van der Waals surface area contributed by atoms with Gasteiger partial charge in [0, 0.05) is 71.7 Å². The summed E-state index contributed by atoms with van der Waals surface area (Å²) in [5, 5.41) is 0. The number of thioether (sulfide) groups is 8. The summed E-state index contributed by atoms with van der Waals surface area (Å²) in [7, 11) is 0. The second kappa shape index (κ2) is 22.6. The summed E-state index contributed by atoms with van der Waals surface area (Å²) in [6.07, 6.45) is 6.66. The molecule has 0 amide bonds. The first-order valence-corrected chi connectivity index (χ1v) is 33.1. The van der Waals surface area contributed by atoms with E-state index in [-0.39, 0.29) is 16.3 Å². The van der Waals surface area contributed by atoms with E-state index in [1.165, 1.54) is 66.8 Å². The fourth-order valence-corrected chi connectivity index (χ4v) is 21.6. The van der Waals surface area contributed by atoms with Crippen molar-refractivity contribution in [3.8, 4) is 23.0 Å². The minimum absolute atomic E-state index is 0.0478. The Hall–Kier alpha value is -1.12. The number of fused-ring (bicyclic) bond motifs is 8. The molecule has 4 saturated heterocycles. The van der Waals surface area contributed by atoms with Crippen molar-refractivity contribution in [2.45, 2.75) is 123 Å². The predicted molar refractivity (Wildman–Crippen MR) is 309 cm³/mol. The largest absolute Gasteiger partial charge is 0.493 e. The first kappa shape index (κ1) is 51.8. The number of rotatable bonds is 16. The fraction of sp³-hybridized carbons (Fsp3) is 0.571. The van der Waals surface area contributed by atoms with Crippen LogP contribution in [-0.4, -0.2) is 72.5 Å². The zero-order valence-corrected chi connectivity index (χ0v) is 48.2. The van der Waals surface area contributed by atoms with Gasteiger partial charge in [-0.15, -0.1) is 94.1 Å². The monoisotopic (exact) mass is 1060 g/mol. The molecule has 4 aromatic carbocycles. The van der Waals surface area contributed by atoms with Crippen molar-refractivity contribution in [1.29, 1.82) is 0 Å². The average molecular weight is 1070 g/mol. The van der Waals surface area contributed by atoms with Gasteiger partial charge in [0.1, 0.15) is 23.0 Å². The third kappa shape index (κ3) is 11.0. The molecule has 368 valence electrons. The third-order valence-corrected chi connectivity index (χ3v) is 27.2. The Labute approximate surface area is 443 Å².